The lowest BCUT2D eigenvalue weighted by Gasteiger charge is -2.10. The number of benzene rings is 1. The molecule has 1 heterocycles. The number of ether oxygens (including phenoxy) is 1. The Morgan fingerprint density at radius 3 is 2.86 bits per heavy atom. The summed E-state index contributed by atoms with van der Waals surface area (Å²) in [5.74, 6) is 0. The maximum Gasteiger partial charge on any atom is 0.276 e. The van der Waals surface area contributed by atoms with E-state index in [4.69, 9.17) is 4.74 Å². The van der Waals surface area contributed by atoms with Crippen molar-refractivity contribution in [2.75, 3.05) is 0 Å². The number of rotatable bonds is 2. The molecular weight excluding hydrogens is 182 g/mol. The van der Waals surface area contributed by atoms with E-state index < -0.39 is 0 Å². The largest absolute Gasteiger partial charge is 0.493 e. The van der Waals surface area contributed by atoms with Crippen LogP contribution in [0.4, 0.5) is 5.69 Å². The number of hydrogen-bond acceptors (Lipinski definition) is 3. The fourth-order valence-corrected chi connectivity index (χ4v) is 1.51. The van der Waals surface area contributed by atoms with Gasteiger partial charge in [-0.1, -0.05) is 12.1 Å². The van der Waals surface area contributed by atoms with Crippen LogP contribution in [0.3, 0.4) is 0 Å². The minimum atomic E-state index is -0.378. The zero-order valence-electron chi connectivity index (χ0n) is 7.42. The molecule has 14 heavy (non-hydrogen) atoms. The highest BCUT2D eigenvalue weighted by Gasteiger charge is 2.23. The van der Waals surface area contributed by atoms with Gasteiger partial charge in [0.05, 0.1) is 16.7 Å². The van der Waals surface area contributed by atoms with Crippen LogP contribution >= 0.6 is 0 Å². The Morgan fingerprint density at radius 1 is 1.43 bits per heavy atom. The van der Waals surface area contributed by atoms with E-state index in [0.717, 1.165) is 0 Å². The van der Waals surface area contributed by atoms with E-state index in [9.17, 15) is 10.1 Å². The zero-order valence-corrected chi connectivity index (χ0v) is 7.42. The normalized spacial score (nSPS) is 19.3. The van der Waals surface area contributed by atoms with Crippen LogP contribution in [-0.2, 0) is 4.74 Å². The molecule has 0 aliphatic carbocycles. The molecule has 1 aromatic carbocycles. The third-order valence-electron chi connectivity index (χ3n) is 2.17. The summed E-state index contributed by atoms with van der Waals surface area (Å²) in [7, 11) is 0. The second-order valence-electron chi connectivity index (χ2n) is 3.05. The Morgan fingerprint density at radius 2 is 2.21 bits per heavy atom. The first-order valence-corrected chi connectivity index (χ1v) is 4.33. The van der Waals surface area contributed by atoms with Crippen LogP contribution in [0, 0.1) is 10.1 Å². The van der Waals surface area contributed by atoms with Crippen LogP contribution < -0.4 is 0 Å². The number of nitrogens with zero attached hydrogens (tertiary/aromatic N) is 1. The van der Waals surface area contributed by atoms with Crippen molar-refractivity contribution in [2.24, 2.45) is 0 Å². The first-order chi connectivity index (χ1) is 6.79. The molecule has 0 bridgehead atoms. The van der Waals surface area contributed by atoms with Crippen molar-refractivity contribution in [1.82, 2.24) is 0 Å². The van der Waals surface area contributed by atoms with Gasteiger partial charge in [0.1, 0.15) is 6.10 Å². The average Bonchev–Trinajstić information content (AvgIpc) is 2.70. The molecule has 0 spiro atoms. The zero-order chi connectivity index (χ0) is 9.97. The molecule has 0 saturated carbocycles. The molecule has 1 aliphatic heterocycles. The minimum Gasteiger partial charge on any atom is -0.493 e. The van der Waals surface area contributed by atoms with Crippen molar-refractivity contribution in [3.05, 3.63) is 52.3 Å². The number of para-hydroxylation sites is 1. The van der Waals surface area contributed by atoms with Crippen molar-refractivity contribution >= 4 is 5.69 Å². The first kappa shape index (κ1) is 8.74. The van der Waals surface area contributed by atoms with Gasteiger partial charge in [-0.25, -0.2) is 0 Å². The van der Waals surface area contributed by atoms with E-state index in [1.807, 2.05) is 6.08 Å². The second kappa shape index (κ2) is 3.49. The van der Waals surface area contributed by atoms with Crippen molar-refractivity contribution in [3.63, 3.8) is 0 Å². The van der Waals surface area contributed by atoms with Crippen LogP contribution in [0.15, 0.2) is 36.6 Å². The quantitative estimate of drug-likeness (QED) is 0.533. The molecule has 4 heteroatoms. The van der Waals surface area contributed by atoms with Crippen molar-refractivity contribution in [2.45, 2.75) is 12.5 Å². The SMILES string of the molecule is O=[N+]([O-])c1ccccc1C1CC=CO1. The minimum absolute atomic E-state index is 0.126. The van der Waals surface area contributed by atoms with Crippen LogP contribution in [0.2, 0.25) is 0 Å². The summed E-state index contributed by atoms with van der Waals surface area (Å²) >= 11 is 0. The third-order valence-corrected chi connectivity index (χ3v) is 2.17. The molecule has 1 aliphatic rings. The van der Waals surface area contributed by atoms with E-state index >= 15 is 0 Å². The standard InChI is InChI=1S/C10H9NO3/c12-11(13)9-5-2-1-4-8(9)10-6-3-7-14-10/h1-5,7,10H,6H2. The van der Waals surface area contributed by atoms with Crippen LogP contribution in [0.25, 0.3) is 0 Å². The summed E-state index contributed by atoms with van der Waals surface area (Å²) in [6, 6.07) is 6.67. The van der Waals surface area contributed by atoms with Crippen LogP contribution in [-0.4, -0.2) is 4.92 Å². The summed E-state index contributed by atoms with van der Waals surface area (Å²) in [5.41, 5.74) is 0.767. The predicted molar refractivity (Wildman–Crippen MR) is 50.7 cm³/mol. The van der Waals surface area contributed by atoms with Gasteiger partial charge in [0.25, 0.3) is 5.69 Å². The molecule has 0 saturated heterocycles. The monoisotopic (exact) mass is 191 g/mol. The molecule has 0 N–H and O–H groups in total. The highest BCUT2D eigenvalue weighted by Crippen LogP contribution is 2.32. The average molecular weight is 191 g/mol. The third kappa shape index (κ3) is 1.46. The molecule has 0 aromatic heterocycles. The molecule has 2 rings (SSSR count). The van der Waals surface area contributed by atoms with Crippen LogP contribution in [0.1, 0.15) is 18.1 Å². The Labute approximate surface area is 81.0 Å². The second-order valence-corrected chi connectivity index (χ2v) is 3.05. The maximum atomic E-state index is 10.7. The Kier molecular flexibility index (Phi) is 2.18. The van der Waals surface area contributed by atoms with Gasteiger partial charge in [-0.2, -0.15) is 0 Å². The molecular formula is C10H9NO3. The van der Waals surface area contributed by atoms with Crippen LogP contribution in [0.5, 0.6) is 0 Å². The molecule has 1 unspecified atom stereocenters. The molecule has 0 radical (unpaired) electrons. The van der Waals surface area contributed by atoms with Gasteiger partial charge in [0.15, 0.2) is 0 Å². The van der Waals surface area contributed by atoms with Gasteiger partial charge in [0.2, 0.25) is 0 Å². The predicted octanol–water partition coefficient (Wildman–Crippen LogP) is 2.57. The molecule has 0 fully saturated rings. The highest BCUT2D eigenvalue weighted by atomic mass is 16.6. The van der Waals surface area contributed by atoms with Crippen molar-refractivity contribution in [3.8, 4) is 0 Å². The summed E-state index contributed by atoms with van der Waals surface area (Å²) < 4.78 is 5.24. The topological polar surface area (TPSA) is 52.4 Å². The summed E-state index contributed by atoms with van der Waals surface area (Å²) in [5, 5.41) is 10.7. The Balaban J connectivity index is 2.36. The van der Waals surface area contributed by atoms with E-state index in [1.54, 1.807) is 24.5 Å². The van der Waals surface area contributed by atoms with Gasteiger partial charge in [-0.3, -0.25) is 10.1 Å². The maximum absolute atomic E-state index is 10.7. The van der Waals surface area contributed by atoms with Gasteiger partial charge in [-0.05, 0) is 12.1 Å². The summed E-state index contributed by atoms with van der Waals surface area (Å²) in [4.78, 5) is 10.3. The lowest BCUT2D eigenvalue weighted by atomic mass is 10.1. The summed E-state index contributed by atoms with van der Waals surface area (Å²) in [6.07, 6.45) is 3.95. The van der Waals surface area contributed by atoms with Crippen molar-refractivity contribution < 1.29 is 9.66 Å². The lowest BCUT2D eigenvalue weighted by molar-refractivity contribution is -0.386. The van der Waals surface area contributed by atoms with Crippen molar-refractivity contribution in [1.29, 1.82) is 0 Å². The number of hydrogen-bond donors (Lipinski definition) is 0. The lowest BCUT2D eigenvalue weighted by Crippen LogP contribution is -2.00. The Hall–Kier alpha value is -1.84. The van der Waals surface area contributed by atoms with Gasteiger partial charge in [-0.15, -0.1) is 0 Å². The molecule has 4 nitrogen and oxygen atoms in total. The highest BCUT2D eigenvalue weighted by molar-refractivity contribution is 5.42. The summed E-state index contributed by atoms with van der Waals surface area (Å²) in [6.45, 7) is 0. The fourth-order valence-electron chi connectivity index (χ4n) is 1.51. The first-order valence-electron chi connectivity index (χ1n) is 4.33. The molecule has 1 aromatic rings. The van der Waals surface area contributed by atoms with Gasteiger partial charge in [0, 0.05) is 12.5 Å². The van der Waals surface area contributed by atoms with Gasteiger partial charge >= 0.3 is 0 Å². The van der Waals surface area contributed by atoms with E-state index in [2.05, 4.69) is 0 Å². The fraction of sp³-hybridized carbons (Fsp3) is 0.200. The molecule has 72 valence electrons. The van der Waals surface area contributed by atoms with Gasteiger partial charge < -0.3 is 4.74 Å². The molecule has 1 atom stereocenters. The molecule has 0 amide bonds. The number of nitro groups is 1. The van der Waals surface area contributed by atoms with E-state index in [-0.39, 0.29) is 16.7 Å². The van der Waals surface area contributed by atoms with E-state index in [1.165, 1.54) is 6.07 Å². The van der Waals surface area contributed by atoms with E-state index in [0.29, 0.717) is 12.0 Å². The smallest absolute Gasteiger partial charge is 0.276 e. The number of nitro benzene ring substituents is 1. The Bertz CT molecular complexity index is 379.